The molecule has 8 heteroatoms. The van der Waals surface area contributed by atoms with Gasteiger partial charge in [-0.15, -0.1) is 0 Å². The number of carbonyl (C=O) groups excluding carboxylic acids is 1. The Labute approximate surface area is 118 Å². The Morgan fingerprint density at radius 2 is 1.70 bits per heavy atom. The van der Waals surface area contributed by atoms with Crippen LogP contribution in [-0.2, 0) is 19.2 Å². The van der Waals surface area contributed by atoms with Crippen molar-refractivity contribution in [1.29, 1.82) is 0 Å². The summed E-state index contributed by atoms with van der Waals surface area (Å²) in [6.07, 6.45) is 0. The zero-order valence-corrected chi connectivity index (χ0v) is 12.8. The Balaban J connectivity index is 4.27. The van der Waals surface area contributed by atoms with E-state index in [-0.39, 0.29) is 13.3 Å². The number of carbonyl (C=O) groups is 2. The number of ether oxygens (including phenoxy) is 1. The summed E-state index contributed by atoms with van der Waals surface area (Å²) < 4.78 is 4.81. The molecule has 0 atom stereocenters. The van der Waals surface area contributed by atoms with Gasteiger partial charge in [-0.1, -0.05) is 0 Å². The van der Waals surface area contributed by atoms with Crippen molar-refractivity contribution >= 4 is 11.9 Å². The molecule has 0 aliphatic carbocycles. The second-order valence-corrected chi connectivity index (χ2v) is 6.22. The van der Waals surface area contributed by atoms with E-state index in [1.165, 1.54) is 5.01 Å². The van der Waals surface area contributed by atoms with E-state index in [0.717, 1.165) is 0 Å². The van der Waals surface area contributed by atoms with Crippen LogP contribution >= 0.6 is 0 Å². The summed E-state index contributed by atoms with van der Waals surface area (Å²) in [5, 5.41) is 17.0. The fraction of sp³-hybridized carbons (Fsp3) is 0.833. The molecule has 0 unspecified atom stereocenters. The van der Waals surface area contributed by atoms with Crippen molar-refractivity contribution in [3.05, 3.63) is 0 Å². The predicted octanol–water partition coefficient (Wildman–Crippen LogP) is 2.02. The molecular formula is C12H23N3O5. The van der Waals surface area contributed by atoms with E-state index in [2.05, 4.69) is 15.3 Å². The van der Waals surface area contributed by atoms with Gasteiger partial charge in [0, 0.05) is 5.28 Å². The Bertz CT molecular complexity index is 368. The minimum atomic E-state index is -1.03. The van der Waals surface area contributed by atoms with E-state index < -0.39 is 22.9 Å². The van der Waals surface area contributed by atoms with Crippen LogP contribution < -0.4 is 0 Å². The molecule has 20 heavy (non-hydrogen) atoms. The average Bonchev–Trinajstić information content (AvgIpc) is 2.23. The van der Waals surface area contributed by atoms with Gasteiger partial charge in [0.1, 0.15) is 6.54 Å². The van der Waals surface area contributed by atoms with Gasteiger partial charge >= 0.3 is 11.9 Å². The lowest BCUT2D eigenvalue weighted by molar-refractivity contribution is -0.167. The van der Waals surface area contributed by atoms with Crippen LogP contribution in [0, 0.1) is 5.41 Å². The van der Waals surface area contributed by atoms with Gasteiger partial charge in [-0.25, -0.2) is 0 Å². The molecule has 0 rings (SSSR count). The first kappa shape index (κ1) is 18.1. The number of carboxylic acids is 1. The summed E-state index contributed by atoms with van der Waals surface area (Å²) in [7, 11) is 0. The van der Waals surface area contributed by atoms with Crippen molar-refractivity contribution < 1.29 is 24.3 Å². The first-order chi connectivity index (χ1) is 8.94. The fourth-order valence-corrected chi connectivity index (χ4v) is 0.921. The lowest BCUT2D eigenvalue weighted by atomic mass is 9.98. The molecule has 0 aliphatic heterocycles. The molecular weight excluding hydrogens is 266 g/mol. The molecule has 0 saturated carbocycles. The van der Waals surface area contributed by atoms with E-state index in [4.69, 9.17) is 9.84 Å². The molecule has 0 fully saturated rings. The summed E-state index contributed by atoms with van der Waals surface area (Å²) in [5.74, 6) is -1.45. The largest absolute Gasteiger partial charge is 0.480 e. The van der Waals surface area contributed by atoms with E-state index in [1.54, 1.807) is 41.5 Å². The zero-order valence-electron chi connectivity index (χ0n) is 12.8. The molecule has 0 aromatic heterocycles. The van der Waals surface area contributed by atoms with Crippen LogP contribution in [-0.4, -0.2) is 40.9 Å². The number of nitrogens with zero attached hydrogens (tertiary/aromatic N) is 3. The quantitative estimate of drug-likeness (QED) is 0.264. The molecule has 0 saturated heterocycles. The lowest BCUT2D eigenvalue weighted by Gasteiger charge is -2.29. The third kappa shape index (κ3) is 7.55. The molecule has 0 heterocycles. The highest BCUT2D eigenvalue weighted by Crippen LogP contribution is 2.15. The summed E-state index contributed by atoms with van der Waals surface area (Å²) >= 11 is 0. The van der Waals surface area contributed by atoms with Crippen LogP contribution in [0.25, 0.3) is 0 Å². The molecule has 0 aliphatic rings. The minimum absolute atomic E-state index is 0.307. The maximum absolute atomic E-state index is 11.4. The number of aliphatic carboxylic acids is 1. The van der Waals surface area contributed by atoms with E-state index in [0.29, 0.717) is 0 Å². The van der Waals surface area contributed by atoms with Crippen molar-refractivity contribution in [3.63, 3.8) is 0 Å². The summed E-state index contributed by atoms with van der Waals surface area (Å²) in [4.78, 5) is 26.8. The molecule has 0 radical (unpaired) electrons. The van der Waals surface area contributed by atoms with Crippen molar-refractivity contribution in [2.75, 3.05) is 13.3 Å². The minimum Gasteiger partial charge on any atom is -0.480 e. The van der Waals surface area contributed by atoms with Crippen molar-refractivity contribution in [3.8, 4) is 0 Å². The second kappa shape index (κ2) is 7.06. The highest BCUT2D eigenvalue weighted by atomic mass is 16.8. The van der Waals surface area contributed by atoms with Gasteiger partial charge in [-0.3, -0.25) is 14.6 Å². The van der Waals surface area contributed by atoms with Gasteiger partial charge in [0.25, 0.3) is 6.79 Å². The maximum atomic E-state index is 11.4. The van der Waals surface area contributed by atoms with Crippen molar-refractivity contribution in [2.24, 2.45) is 15.9 Å². The Hall–Kier alpha value is -1.86. The first-order valence-electron chi connectivity index (χ1n) is 6.14. The Kier molecular flexibility index (Phi) is 6.41. The highest BCUT2D eigenvalue weighted by molar-refractivity contribution is 5.75. The molecule has 1 N–H and O–H groups in total. The average molecular weight is 289 g/mol. The van der Waals surface area contributed by atoms with Crippen LogP contribution in [0.2, 0.25) is 0 Å². The predicted molar refractivity (Wildman–Crippen MR) is 70.4 cm³/mol. The molecule has 116 valence electrons. The maximum Gasteiger partial charge on any atom is 0.324 e. The van der Waals surface area contributed by atoms with Crippen LogP contribution in [0.4, 0.5) is 0 Å². The third-order valence-electron chi connectivity index (χ3n) is 2.12. The van der Waals surface area contributed by atoms with Crippen LogP contribution in [0.5, 0.6) is 0 Å². The van der Waals surface area contributed by atoms with E-state index in [9.17, 15) is 9.59 Å². The molecule has 8 nitrogen and oxygen atoms in total. The summed E-state index contributed by atoms with van der Waals surface area (Å²) in [5.41, 5.74) is -1.14. The third-order valence-corrected chi connectivity index (χ3v) is 2.12. The Morgan fingerprint density at radius 3 is 2.10 bits per heavy atom. The molecule has 0 aromatic carbocycles. The SMILES string of the molecule is CC(C)(C)C(=O)OCO/N=N\N(CC(=O)O)C(C)(C)C. The number of esters is 1. The number of carboxylic acid groups (broad SMARTS) is 1. The van der Waals surface area contributed by atoms with Crippen LogP contribution in [0.1, 0.15) is 41.5 Å². The first-order valence-corrected chi connectivity index (χ1v) is 6.14. The van der Waals surface area contributed by atoms with Gasteiger partial charge in [-0.05, 0) is 46.8 Å². The van der Waals surface area contributed by atoms with Gasteiger partial charge in [0.2, 0.25) is 0 Å². The molecule has 0 aromatic rings. The van der Waals surface area contributed by atoms with Gasteiger partial charge < -0.3 is 14.7 Å². The Morgan fingerprint density at radius 1 is 1.15 bits per heavy atom. The standard InChI is InChI=1S/C12H23N3O5/c1-11(2,3)10(18)19-8-20-14-13-15(7-9(16)17)12(4,5)6/h7-8H2,1-6H3,(H,16,17)/b14-13-. The van der Waals surface area contributed by atoms with Crippen molar-refractivity contribution in [2.45, 2.75) is 47.1 Å². The topological polar surface area (TPSA) is 101 Å². The highest BCUT2D eigenvalue weighted by Gasteiger charge is 2.24. The van der Waals surface area contributed by atoms with Gasteiger partial charge in [0.05, 0.1) is 11.0 Å². The summed E-state index contributed by atoms with van der Waals surface area (Å²) in [6.45, 7) is 9.82. The van der Waals surface area contributed by atoms with Crippen LogP contribution in [0.3, 0.4) is 0 Å². The fourth-order valence-electron chi connectivity index (χ4n) is 0.921. The monoisotopic (exact) mass is 289 g/mol. The van der Waals surface area contributed by atoms with Crippen LogP contribution in [0.15, 0.2) is 10.5 Å². The number of rotatable bonds is 6. The smallest absolute Gasteiger partial charge is 0.324 e. The second-order valence-electron chi connectivity index (χ2n) is 6.22. The van der Waals surface area contributed by atoms with Crippen molar-refractivity contribution in [1.82, 2.24) is 5.01 Å². The molecule has 0 bridgehead atoms. The normalized spacial score (nSPS) is 12.3. The number of hydrogen-bond donors (Lipinski definition) is 1. The van der Waals surface area contributed by atoms with E-state index in [1.807, 2.05) is 0 Å². The van der Waals surface area contributed by atoms with Gasteiger partial charge in [-0.2, -0.15) is 0 Å². The van der Waals surface area contributed by atoms with E-state index >= 15 is 0 Å². The molecule has 0 amide bonds. The lowest BCUT2D eigenvalue weighted by Crippen LogP contribution is -2.40. The zero-order chi connectivity index (χ0) is 16.0. The number of hydrogen-bond acceptors (Lipinski definition) is 6. The van der Waals surface area contributed by atoms with Gasteiger partial charge in [0.15, 0.2) is 0 Å². The summed E-state index contributed by atoms with van der Waals surface area (Å²) in [6, 6.07) is 0. The molecule has 0 spiro atoms.